The number of nitrogens with one attached hydrogen (secondary N) is 2. The summed E-state index contributed by atoms with van der Waals surface area (Å²) < 4.78 is 2.04. The molecule has 0 spiro atoms. The van der Waals surface area contributed by atoms with Crippen molar-refractivity contribution < 1.29 is 9.59 Å². The summed E-state index contributed by atoms with van der Waals surface area (Å²) in [5, 5.41) is 10.4. The summed E-state index contributed by atoms with van der Waals surface area (Å²) in [6.07, 6.45) is 5.82. The number of aromatic nitrogens is 2. The highest BCUT2D eigenvalue weighted by atomic mass is 16.2. The van der Waals surface area contributed by atoms with Crippen LogP contribution in [0.25, 0.3) is 0 Å². The minimum atomic E-state index is -0.391. The largest absolute Gasteiger partial charge is 0.347 e. The number of carbonyl (C=O) groups excluding carboxylic acids is 2. The van der Waals surface area contributed by atoms with E-state index in [9.17, 15) is 9.59 Å². The Morgan fingerprint density at radius 1 is 1.24 bits per heavy atom. The highest BCUT2D eigenvalue weighted by Crippen LogP contribution is 2.30. The van der Waals surface area contributed by atoms with Crippen molar-refractivity contribution in [2.45, 2.75) is 50.7 Å². The number of rotatable bonds is 4. The molecular formula is C19H22N4O2. The molecule has 1 aromatic heterocycles. The number of benzene rings is 1. The van der Waals surface area contributed by atoms with Gasteiger partial charge < -0.3 is 10.6 Å². The average molecular weight is 338 g/mol. The molecule has 2 amide bonds. The monoisotopic (exact) mass is 338 g/mol. The van der Waals surface area contributed by atoms with Crippen LogP contribution in [0.5, 0.6) is 0 Å². The smallest absolute Gasteiger partial charge is 0.243 e. The molecule has 4 rings (SSSR count). The standard InChI is InChI=1S/C19H22N4O2/c24-18-10-9-16(21-18)19(25)22-15-7-4-8-17-14(15)11-20-23(17)12-13-5-2-1-3-6-13/h1-3,5-6,11,15-16H,4,7-10,12H2,(H,21,24)(H,22,25). The van der Waals surface area contributed by atoms with E-state index in [0.717, 1.165) is 31.4 Å². The Hall–Kier alpha value is -2.63. The lowest BCUT2D eigenvalue weighted by Gasteiger charge is -2.25. The van der Waals surface area contributed by atoms with Gasteiger partial charge in [0.1, 0.15) is 6.04 Å². The van der Waals surface area contributed by atoms with Crippen LogP contribution in [0.2, 0.25) is 0 Å². The second-order valence-corrected chi connectivity index (χ2v) is 6.80. The topological polar surface area (TPSA) is 76.0 Å². The van der Waals surface area contributed by atoms with Crippen LogP contribution in [0.3, 0.4) is 0 Å². The molecule has 1 aromatic carbocycles. The van der Waals surface area contributed by atoms with E-state index in [0.29, 0.717) is 12.8 Å². The number of amides is 2. The van der Waals surface area contributed by atoms with E-state index in [1.165, 1.54) is 11.3 Å². The minimum absolute atomic E-state index is 0.0155. The summed E-state index contributed by atoms with van der Waals surface area (Å²) in [5.74, 6) is -0.125. The third-order valence-electron chi connectivity index (χ3n) is 5.07. The van der Waals surface area contributed by atoms with Gasteiger partial charge in [-0.2, -0.15) is 5.10 Å². The van der Waals surface area contributed by atoms with Crippen molar-refractivity contribution in [1.29, 1.82) is 0 Å². The van der Waals surface area contributed by atoms with E-state index in [2.05, 4.69) is 27.9 Å². The fraction of sp³-hybridized carbons (Fsp3) is 0.421. The fourth-order valence-corrected chi connectivity index (χ4v) is 3.74. The van der Waals surface area contributed by atoms with Crippen molar-refractivity contribution in [3.05, 3.63) is 53.3 Å². The molecule has 2 aromatic rings. The van der Waals surface area contributed by atoms with E-state index in [1.807, 2.05) is 29.1 Å². The van der Waals surface area contributed by atoms with E-state index < -0.39 is 6.04 Å². The first-order valence-corrected chi connectivity index (χ1v) is 8.89. The summed E-state index contributed by atoms with van der Waals surface area (Å²) in [4.78, 5) is 23.7. The summed E-state index contributed by atoms with van der Waals surface area (Å²) in [6.45, 7) is 0.746. The first-order valence-electron chi connectivity index (χ1n) is 8.89. The molecule has 0 saturated carbocycles. The quantitative estimate of drug-likeness (QED) is 0.891. The number of nitrogens with zero attached hydrogens (tertiary/aromatic N) is 2. The van der Waals surface area contributed by atoms with Crippen molar-refractivity contribution in [2.24, 2.45) is 0 Å². The van der Waals surface area contributed by atoms with E-state index in [1.54, 1.807) is 0 Å². The van der Waals surface area contributed by atoms with Gasteiger partial charge >= 0.3 is 0 Å². The summed E-state index contributed by atoms with van der Waals surface area (Å²) in [5.41, 5.74) is 3.53. The van der Waals surface area contributed by atoms with Gasteiger partial charge in [-0.05, 0) is 31.2 Å². The zero-order chi connectivity index (χ0) is 17.2. The van der Waals surface area contributed by atoms with Crippen LogP contribution in [-0.2, 0) is 22.6 Å². The summed E-state index contributed by atoms with van der Waals surface area (Å²) in [7, 11) is 0. The molecule has 6 heteroatoms. The Balaban J connectivity index is 1.49. The molecule has 2 aliphatic rings. The molecule has 1 aliphatic heterocycles. The average Bonchev–Trinajstić information content (AvgIpc) is 3.23. The third-order valence-corrected chi connectivity index (χ3v) is 5.07. The third kappa shape index (κ3) is 3.29. The van der Waals surface area contributed by atoms with Gasteiger partial charge in [0.2, 0.25) is 11.8 Å². The molecule has 1 saturated heterocycles. The number of carbonyl (C=O) groups is 2. The Bertz CT molecular complexity index is 784. The number of hydrogen-bond acceptors (Lipinski definition) is 3. The summed E-state index contributed by atoms with van der Waals surface area (Å²) >= 11 is 0. The highest BCUT2D eigenvalue weighted by molar-refractivity contribution is 5.91. The molecule has 1 aliphatic carbocycles. The molecule has 0 bridgehead atoms. The second-order valence-electron chi connectivity index (χ2n) is 6.80. The molecule has 2 unspecified atom stereocenters. The van der Waals surface area contributed by atoms with Gasteiger partial charge in [-0.15, -0.1) is 0 Å². The molecule has 25 heavy (non-hydrogen) atoms. The number of fused-ring (bicyclic) bond motifs is 1. The first-order chi connectivity index (χ1) is 12.2. The van der Waals surface area contributed by atoms with Crippen molar-refractivity contribution in [1.82, 2.24) is 20.4 Å². The lowest BCUT2D eigenvalue weighted by Crippen LogP contribution is -2.43. The van der Waals surface area contributed by atoms with Gasteiger partial charge in [0.15, 0.2) is 0 Å². The van der Waals surface area contributed by atoms with Crippen LogP contribution < -0.4 is 10.6 Å². The normalized spacial score (nSPS) is 22.3. The van der Waals surface area contributed by atoms with Crippen molar-refractivity contribution >= 4 is 11.8 Å². The van der Waals surface area contributed by atoms with Crippen LogP contribution in [0.1, 0.15) is 48.5 Å². The number of hydrogen-bond donors (Lipinski definition) is 2. The van der Waals surface area contributed by atoms with Gasteiger partial charge in [0.05, 0.1) is 18.8 Å². The zero-order valence-corrected chi connectivity index (χ0v) is 14.1. The van der Waals surface area contributed by atoms with Crippen LogP contribution in [-0.4, -0.2) is 27.6 Å². The molecule has 2 atom stereocenters. The molecular weight excluding hydrogens is 316 g/mol. The maximum atomic E-state index is 12.4. The Morgan fingerprint density at radius 2 is 2.08 bits per heavy atom. The predicted molar refractivity (Wildman–Crippen MR) is 92.8 cm³/mol. The van der Waals surface area contributed by atoms with Gasteiger partial charge in [0.25, 0.3) is 0 Å². The van der Waals surface area contributed by atoms with Crippen LogP contribution in [0, 0.1) is 0 Å². The van der Waals surface area contributed by atoms with Gasteiger partial charge in [0, 0.05) is 17.7 Å². The van der Waals surface area contributed by atoms with Gasteiger partial charge in [-0.3, -0.25) is 14.3 Å². The molecule has 2 heterocycles. The van der Waals surface area contributed by atoms with Crippen molar-refractivity contribution in [3.8, 4) is 0 Å². The Labute approximate surface area is 146 Å². The van der Waals surface area contributed by atoms with Crippen molar-refractivity contribution in [3.63, 3.8) is 0 Å². The van der Waals surface area contributed by atoms with Gasteiger partial charge in [-0.1, -0.05) is 30.3 Å². The Kier molecular flexibility index (Phi) is 4.26. The Morgan fingerprint density at radius 3 is 2.84 bits per heavy atom. The second kappa shape index (κ2) is 6.70. The maximum Gasteiger partial charge on any atom is 0.243 e. The van der Waals surface area contributed by atoms with Gasteiger partial charge in [-0.25, -0.2) is 0 Å². The zero-order valence-electron chi connectivity index (χ0n) is 14.1. The van der Waals surface area contributed by atoms with Crippen LogP contribution in [0.4, 0.5) is 0 Å². The molecule has 1 fully saturated rings. The first kappa shape index (κ1) is 15.9. The molecule has 2 N–H and O–H groups in total. The predicted octanol–water partition coefficient (Wildman–Crippen LogP) is 1.70. The van der Waals surface area contributed by atoms with Crippen molar-refractivity contribution in [2.75, 3.05) is 0 Å². The fourth-order valence-electron chi connectivity index (χ4n) is 3.74. The van der Waals surface area contributed by atoms with E-state index >= 15 is 0 Å². The van der Waals surface area contributed by atoms with E-state index in [4.69, 9.17) is 0 Å². The summed E-state index contributed by atoms with van der Waals surface area (Å²) in [6, 6.07) is 9.86. The molecule has 0 radical (unpaired) electrons. The minimum Gasteiger partial charge on any atom is -0.347 e. The maximum absolute atomic E-state index is 12.4. The van der Waals surface area contributed by atoms with Crippen LogP contribution in [0.15, 0.2) is 36.5 Å². The lowest BCUT2D eigenvalue weighted by atomic mass is 9.92. The molecule has 6 nitrogen and oxygen atoms in total. The highest BCUT2D eigenvalue weighted by Gasteiger charge is 2.31. The molecule has 130 valence electrons. The lowest BCUT2D eigenvalue weighted by molar-refractivity contribution is -0.126. The van der Waals surface area contributed by atoms with Crippen LogP contribution >= 0.6 is 0 Å². The SMILES string of the molecule is O=C1CCC(C(=O)NC2CCCc3c2cnn3Cc2ccccc2)N1. The van der Waals surface area contributed by atoms with E-state index in [-0.39, 0.29) is 17.9 Å².